The lowest BCUT2D eigenvalue weighted by molar-refractivity contribution is 0.420. The first kappa shape index (κ1) is 15.4. The molecule has 4 nitrogen and oxygen atoms in total. The Bertz CT molecular complexity index is 597. The molecule has 0 unspecified atom stereocenters. The van der Waals surface area contributed by atoms with Gasteiger partial charge in [0.15, 0.2) is 0 Å². The highest BCUT2D eigenvalue weighted by Crippen LogP contribution is 2.33. The Morgan fingerprint density at radius 1 is 1.40 bits per heavy atom. The summed E-state index contributed by atoms with van der Waals surface area (Å²) in [5.74, 6) is -0.469. The first-order chi connectivity index (χ1) is 9.41. The highest BCUT2D eigenvalue weighted by Gasteiger charge is 2.37. The smallest absolute Gasteiger partial charge is 0.243 e. The Hall–Kier alpha value is -0.980. The highest BCUT2D eigenvalue weighted by atomic mass is 32.2. The van der Waals surface area contributed by atoms with Crippen LogP contribution in [0.5, 0.6) is 0 Å². The number of benzene rings is 1. The first-order valence-corrected chi connectivity index (χ1v) is 8.31. The molecule has 0 heterocycles. The summed E-state index contributed by atoms with van der Waals surface area (Å²) in [6.07, 6.45) is 1.79. The third kappa shape index (κ3) is 2.87. The third-order valence-electron chi connectivity index (χ3n) is 3.59. The fraction of sp³-hybridized carbons (Fsp3) is 0.571. The van der Waals surface area contributed by atoms with Crippen LogP contribution in [0.3, 0.4) is 0 Å². The molecule has 1 aliphatic carbocycles. The predicted octanol–water partition coefficient (Wildman–Crippen LogP) is 2.03. The van der Waals surface area contributed by atoms with Crippen molar-refractivity contribution >= 4 is 10.0 Å². The van der Waals surface area contributed by atoms with Crippen molar-refractivity contribution in [3.63, 3.8) is 0 Å². The molecule has 1 saturated carbocycles. The Morgan fingerprint density at radius 2 is 2.05 bits per heavy atom. The quantitative estimate of drug-likeness (QED) is 0.874. The van der Waals surface area contributed by atoms with E-state index in [-0.39, 0.29) is 16.5 Å². The number of rotatable bonds is 6. The molecule has 0 atom stereocenters. The molecule has 1 fully saturated rings. The van der Waals surface area contributed by atoms with E-state index < -0.39 is 15.8 Å². The lowest BCUT2D eigenvalue weighted by Crippen LogP contribution is -2.33. The van der Waals surface area contributed by atoms with Crippen molar-refractivity contribution < 1.29 is 12.8 Å². The van der Waals surface area contributed by atoms with Gasteiger partial charge in [0.1, 0.15) is 5.82 Å². The predicted molar refractivity (Wildman–Crippen MR) is 76.5 cm³/mol. The molecule has 1 aromatic carbocycles. The Balaban J connectivity index is 2.49. The van der Waals surface area contributed by atoms with Crippen LogP contribution in [0.15, 0.2) is 17.0 Å². The molecule has 112 valence electrons. The first-order valence-electron chi connectivity index (χ1n) is 6.87. The molecule has 0 bridgehead atoms. The standard InChI is InChI=1S/C14H21FN2O2S/c1-4-17(12-5-6-12)20(18,19)14-8-11(9-16-3)7-13(15)10(14)2/h7-8,12,16H,4-6,9H2,1-3H3. The van der Waals surface area contributed by atoms with Gasteiger partial charge in [-0.3, -0.25) is 0 Å². The molecular weight excluding hydrogens is 279 g/mol. The van der Waals surface area contributed by atoms with Crippen LogP contribution in [0.25, 0.3) is 0 Å². The molecule has 0 aromatic heterocycles. The van der Waals surface area contributed by atoms with Gasteiger partial charge in [-0.15, -0.1) is 0 Å². The zero-order valence-corrected chi connectivity index (χ0v) is 12.9. The van der Waals surface area contributed by atoms with Gasteiger partial charge in [-0.25, -0.2) is 12.8 Å². The fourth-order valence-electron chi connectivity index (χ4n) is 2.39. The van der Waals surface area contributed by atoms with Crippen LogP contribution in [-0.4, -0.2) is 32.4 Å². The van der Waals surface area contributed by atoms with E-state index in [9.17, 15) is 12.8 Å². The molecule has 1 aromatic rings. The topological polar surface area (TPSA) is 49.4 Å². The zero-order valence-electron chi connectivity index (χ0n) is 12.1. The Kier molecular flexibility index (Phi) is 4.46. The van der Waals surface area contributed by atoms with E-state index in [1.807, 2.05) is 6.92 Å². The van der Waals surface area contributed by atoms with Crippen molar-refractivity contribution in [3.8, 4) is 0 Å². The van der Waals surface area contributed by atoms with Crippen LogP contribution in [0, 0.1) is 12.7 Å². The van der Waals surface area contributed by atoms with Gasteiger partial charge in [0.05, 0.1) is 4.90 Å². The van der Waals surface area contributed by atoms with Gasteiger partial charge in [0.2, 0.25) is 10.0 Å². The van der Waals surface area contributed by atoms with Crippen molar-refractivity contribution in [1.82, 2.24) is 9.62 Å². The third-order valence-corrected chi connectivity index (χ3v) is 5.74. The van der Waals surface area contributed by atoms with Crippen molar-refractivity contribution in [1.29, 1.82) is 0 Å². The van der Waals surface area contributed by atoms with E-state index in [4.69, 9.17) is 0 Å². The van der Waals surface area contributed by atoms with Crippen LogP contribution < -0.4 is 5.32 Å². The minimum Gasteiger partial charge on any atom is -0.316 e. The summed E-state index contributed by atoms with van der Waals surface area (Å²) in [5, 5.41) is 2.91. The summed E-state index contributed by atoms with van der Waals surface area (Å²) < 4.78 is 40.9. The maximum Gasteiger partial charge on any atom is 0.243 e. The van der Waals surface area contributed by atoms with E-state index in [1.165, 1.54) is 17.3 Å². The van der Waals surface area contributed by atoms with Crippen molar-refractivity contribution in [2.45, 2.75) is 44.2 Å². The second kappa shape index (κ2) is 5.79. The number of hydrogen-bond donors (Lipinski definition) is 1. The van der Waals surface area contributed by atoms with E-state index in [1.54, 1.807) is 13.1 Å². The van der Waals surface area contributed by atoms with Gasteiger partial charge in [0.25, 0.3) is 0 Å². The Morgan fingerprint density at radius 3 is 2.55 bits per heavy atom. The van der Waals surface area contributed by atoms with Gasteiger partial charge < -0.3 is 5.32 Å². The van der Waals surface area contributed by atoms with E-state index in [2.05, 4.69) is 5.32 Å². The van der Waals surface area contributed by atoms with Crippen molar-refractivity contribution in [2.75, 3.05) is 13.6 Å². The van der Waals surface area contributed by atoms with Crippen LogP contribution in [0.1, 0.15) is 30.9 Å². The highest BCUT2D eigenvalue weighted by molar-refractivity contribution is 7.89. The lowest BCUT2D eigenvalue weighted by Gasteiger charge is -2.22. The monoisotopic (exact) mass is 300 g/mol. The summed E-state index contributed by atoms with van der Waals surface area (Å²) >= 11 is 0. The van der Waals surface area contributed by atoms with Crippen LogP contribution in [0.2, 0.25) is 0 Å². The zero-order chi connectivity index (χ0) is 14.9. The second-order valence-electron chi connectivity index (χ2n) is 5.17. The SMILES string of the molecule is CCN(C1CC1)S(=O)(=O)c1cc(CNC)cc(F)c1C. The maximum atomic E-state index is 14.0. The molecule has 0 aliphatic heterocycles. The summed E-state index contributed by atoms with van der Waals surface area (Å²) in [6.45, 7) is 4.20. The number of hydrogen-bond acceptors (Lipinski definition) is 3. The van der Waals surface area contributed by atoms with Gasteiger partial charge in [-0.2, -0.15) is 4.31 Å². The van der Waals surface area contributed by atoms with Crippen LogP contribution in [-0.2, 0) is 16.6 Å². The molecule has 1 aliphatic rings. The van der Waals surface area contributed by atoms with E-state index >= 15 is 0 Å². The van der Waals surface area contributed by atoms with Crippen LogP contribution >= 0.6 is 0 Å². The summed E-state index contributed by atoms with van der Waals surface area (Å²) in [4.78, 5) is 0.0940. The number of nitrogens with zero attached hydrogens (tertiary/aromatic N) is 1. The molecular formula is C14H21FN2O2S. The molecule has 20 heavy (non-hydrogen) atoms. The van der Waals surface area contributed by atoms with Gasteiger partial charge in [0, 0.05) is 24.7 Å². The van der Waals surface area contributed by atoms with E-state index in [0.29, 0.717) is 18.7 Å². The molecule has 2 rings (SSSR count). The van der Waals surface area contributed by atoms with Crippen molar-refractivity contribution in [2.24, 2.45) is 0 Å². The maximum absolute atomic E-state index is 14.0. The average molecular weight is 300 g/mol. The van der Waals surface area contributed by atoms with Crippen LogP contribution in [0.4, 0.5) is 4.39 Å². The number of sulfonamides is 1. The Labute approximate surface area is 120 Å². The second-order valence-corrected chi connectivity index (χ2v) is 7.03. The normalized spacial score (nSPS) is 15.8. The minimum atomic E-state index is -3.62. The van der Waals surface area contributed by atoms with Gasteiger partial charge >= 0.3 is 0 Å². The molecule has 0 amide bonds. The van der Waals surface area contributed by atoms with Gasteiger partial charge in [-0.05, 0) is 44.5 Å². The fourth-order valence-corrected chi connectivity index (χ4v) is 4.38. The molecule has 0 spiro atoms. The lowest BCUT2D eigenvalue weighted by atomic mass is 10.1. The molecule has 6 heteroatoms. The molecule has 0 radical (unpaired) electrons. The minimum absolute atomic E-state index is 0.0837. The summed E-state index contributed by atoms with van der Waals surface area (Å²) in [6, 6.07) is 3.05. The average Bonchev–Trinajstić information content (AvgIpc) is 3.18. The molecule has 0 saturated heterocycles. The number of nitrogens with one attached hydrogen (secondary N) is 1. The van der Waals surface area contributed by atoms with E-state index in [0.717, 1.165) is 12.8 Å². The number of halogens is 1. The summed E-state index contributed by atoms with van der Waals surface area (Å²) in [7, 11) is -1.87. The van der Waals surface area contributed by atoms with Crippen molar-refractivity contribution in [3.05, 3.63) is 29.1 Å². The molecule has 1 N–H and O–H groups in total. The van der Waals surface area contributed by atoms with Gasteiger partial charge in [-0.1, -0.05) is 6.92 Å². The summed E-state index contributed by atoms with van der Waals surface area (Å²) in [5.41, 5.74) is 0.838. The largest absolute Gasteiger partial charge is 0.316 e.